The lowest BCUT2D eigenvalue weighted by Gasteiger charge is -2.25. The van der Waals surface area contributed by atoms with Crippen LogP contribution in [0.15, 0.2) is 6.20 Å². The van der Waals surface area contributed by atoms with Gasteiger partial charge in [-0.25, -0.2) is 9.97 Å². The van der Waals surface area contributed by atoms with Crippen molar-refractivity contribution in [2.75, 3.05) is 25.1 Å². The van der Waals surface area contributed by atoms with Gasteiger partial charge in [0.2, 0.25) is 0 Å². The number of likely N-dealkylation sites (N-methyl/N-ethyl adjacent to an activating group) is 1. The average Bonchev–Trinajstić information content (AvgIpc) is 2.18. The van der Waals surface area contributed by atoms with Gasteiger partial charge in [-0.1, -0.05) is 13.8 Å². The molecule has 0 saturated heterocycles. The second kappa shape index (κ2) is 3.44. The molecule has 0 fully saturated rings. The number of anilines is 1. The lowest BCUT2D eigenvalue weighted by molar-refractivity contribution is 0.295. The molecule has 2 rings (SSSR count). The molecule has 0 amide bonds. The Labute approximate surface area is 83.9 Å². The van der Waals surface area contributed by atoms with Crippen LogP contribution in [0.2, 0.25) is 0 Å². The number of fused-ring (bicyclic) bond motifs is 1. The highest BCUT2D eigenvalue weighted by atomic mass is 16.5. The summed E-state index contributed by atoms with van der Waals surface area (Å²) in [6.45, 7) is 5.79. The first-order valence-corrected chi connectivity index (χ1v) is 4.89. The van der Waals surface area contributed by atoms with Gasteiger partial charge >= 0.3 is 0 Å². The zero-order chi connectivity index (χ0) is 10.1. The molecule has 1 aliphatic heterocycles. The monoisotopic (exact) mass is 193 g/mol. The molecule has 1 aliphatic rings. The standard InChI is InChI=1S/C10H15N3O/c1-7(2)8-6-11-10-9(12-8)13(3)4-5-14-10/h6-7H,4-5H2,1-3H3. The summed E-state index contributed by atoms with van der Waals surface area (Å²) in [5.41, 5.74) is 1.01. The van der Waals surface area contributed by atoms with Crippen LogP contribution < -0.4 is 9.64 Å². The van der Waals surface area contributed by atoms with E-state index in [2.05, 4.69) is 28.7 Å². The second-order valence-corrected chi connectivity index (χ2v) is 3.85. The van der Waals surface area contributed by atoms with E-state index < -0.39 is 0 Å². The smallest absolute Gasteiger partial charge is 0.257 e. The van der Waals surface area contributed by atoms with Crippen LogP contribution in [0.3, 0.4) is 0 Å². The lowest BCUT2D eigenvalue weighted by atomic mass is 10.1. The van der Waals surface area contributed by atoms with Crippen LogP contribution in [-0.2, 0) is 0 Å². The summed E-state index contributed by atoms with van der Waals surface area (Å²) >= 11 is 0. The third-order valence-electron chi connectivity index (χ3n) is 2.36. The highest BCUT2D eigenvalue weighted by Crippen LogP contribution is 2.27. The fourth-order valence-electron chi connectivity index (χ4n) is 1.40. The molecule has 1 aromatic rings. The molecule has 76 valence electrons. The van der Waals surface area contributed by atoms with Gasteiger partial charge in [-0.3, -0.25) is 0 Å². The summed E-state index contributed by atoms with van der Waals surface area (Å²) in [4.78, 5) is 10.9. The maximum Gasteiger partial charge on any atom is 0.257 e. The van der Waals surface area contributed by atoms with Gasteiger partial charge in [0.1, 0.15) is 6.61 Å². The van der Waals surface area contributed by atoms with Gasteiger partial charge in [-0.2, -0.15) is 0 Å². The van der Waals surface area contributed by atoms with E-state index in [0.717, 1.165) is 18.1 Å². The van der Waals surface area contributed by atoms with E-state index in [1.54, 1.807) is 6.20 Å². The van der Waals surface area contributed by atoms with Crippen LogP contribution in [0.5, 0.6) is 5.88 Å². The third-order valence-corrected chi connectivity index (χ3v) is 2.36. The number of aromatic nitrogens is 2. The Morgan fingerprint density at radius 2 is 2.29 bits per heavy atom. The molecule has 0 N–H and O–H groups in total. The molecular formula is C10H15N3O. The Morgan fingerprint density at radius 1 is 1.50 bits per heavy atom. The van der Waals surface area contributed by atoms with Gasteiger partial charge in [0.15, 0.2) is 5.82 Å². The van der Waals surface area contributed by atoms with Gasteiger partial charge in [-0.15, -0.1) is 0 Å². The summed E-state index contributed by atoms with van der Waals surface area (Å²) in [6, 6.07) is 0. The van der Waals surface area contributed by atoms with Crippen LogP contribution in [-0.4, -0.2) is 30.2 Å². The van der Waals surface area contributed by atoms with Crippen LogP contribution in [0.1, 0.15) is 25.5 Å². The average molecular weight is 193 g/mol. The van der Waals surface area contributed by atoms with Crippen molar-refractivity contribution in [1.82, 2.24) is 9.97 Å². The summed E-state index contributed by atoms with van der Waals surface area (Å²) in [5.74, 6) is 1.92. The van der Waals surface area contributed by atoms with Crippen LogP contribution in [0.25, 0.3) is 0 Å². The number of hydrogen-bond donors (Lipinski definition) is 0. The quantitative estimate of drug-likeness (QED) is 0.676. The van der Waals surface area contributed by atoms with E-state index in [1.165, 1.54) is 0 Å². The van der Waals surface area contributed by atoms with Crippen LogP contribution in [0, 0.1) is 0 Å². The first kappa shape index (κ1) is 9.24. The SMILES string of the molecule is CC(C)c1cnc2c(n1)N(C)CCO2. The van der Waals surface area contributed by atoms with Gasteiger partial charge < -0.3 is 9.64 Å². The van der Waals surface area contributed by atoms with Crippen molar-refractivity contribution in [3.05, 3.63) is 11.9 Å². The summed E-state index contributed by atoms with van der Waals surface area (Å²) in [7, 11) is 2.01. The first-order valence-electron chi connectivity index (χ1n) is 4.89. The predicted molar refractivity (Wildman–Crippen MR) is 54.9 cm³/mol. The minimum absolute atomic E-state index is 0.406. The van der Waals surface area contributed by atoms with E-state index in [9.17, 15) is 0 Å². The summed E-state index contributed by atoms with van der Waals surface area (Å²) in [5, 5.41) is 0. The van der Waals surface area contributed by atoms with E-state index in [4.69, 9.17) is 4.74 Å². The Kier molecular flexibility index (Phi) is 2.27. The molecule has 0 aliphatic carbocycles. The molecule has 4 nitrogen and oxygen atoms in total. The molecule has 0 spiro atoms. The highest BCUT2D eigenvalue weighted by molar-refractivity contribution is 5.49. The molecule has 2 heterocycles. The van der Waals surface area contributed by atoms with Crippen molar-refractivity contribution in [1.29, 1.82) is 0 Å². The molecule has 4 heteroatoms. The fourth-order valence-corrected chi connectivity index (χ4v) is 1.40. The Bertz CT molecular complexity index is 338. The highest BCUT2D eigenvalue weighted by Gasteiger charge is 2.18. The van der Waals surface area contributed by atoms with Gasteiger partial charge in [0.05, 0.1) is 18.4 Å². The second-order valence-electron chi connectivity index (χ2n) is 3.85. The van der Waals surface area contributed by atoms with Crippen molar-refractivity contribution >= 4 is 5.82 Å². The Hall–Kier alpha value is -1.32. The van der Waals surface area contributed by atoms with Crippen molar-refractivity contribution < 1.29 is 4.74 Å². The van der Waals surface area contributed by atoms with E-state index in [-0.39, 0.29) is 0 Å². The topological polar surface area (TPSA) is 38.2 Å². The predicted octanol–water partition coefficient (Wildman–Crippen LogP) is 1.43. The number of hydrogen-bond acceptors (Lipinski definition) is 4. The molecule has 14 heavy (non-hydrogen) atoms. The third kappa shape index (κ3) is 1.52. The van der Waals surface area contributed by atoms with Gasteiger partial charge in [0, 0.05) is 7.05 Å². The largest absolute Gasteiger partial charge is 0.473 e. The molecule has 0 unspecified atom stereocenters. The van der Waals surface area contributed by atoms with E-state index >= 15 is 0 Å². The van der Waals surface area contributed by atoms with Crippen molar-refractivity contribution in [2.24, 2.45) is 0 Å². The molecule has 0 aromatic carbocycles. The maximum atomic E-state index is 5.41. The minimum Gasteiger partial charge on any atom is -0.473 e. The molecule has 0 saturated carbocycles. The number of nitrogens with zero attached hydrogens (tertiary/aromatic N) is 3. The first-order chi connectivity index (χ1) is 6.68. The Balaban J connectivity index is 2.41. The zero-order valence-electron chi connectivity index (χ0n) is 8.82. The molecule has 1 aromatic heterocycles. The normalized spacial score (nSPS) is 15.3. The van der Waals surface area contributed by atoms with Crippen molar-refractivity contribution in [3.63, 3.8) is 0 Å². The summed E-state index contributed by atoms with van der Waals surface area (Å²) < 4.78 is 5.41. The molecular weight excluding hydrogens is 178 g/mol. The Morgan fingerprint density at radius 3 is 3.00 bits per heavy atom. The van der Waals surface area contributed by atoms with Crippen molar-refractivity contribution in [3.8, 4) is 5.88 Å². The lowest BCUT2D eigenvalue weighted by Crippen LogP contribution is -2.30. The van der Waals surface area contributed by atoms with Crippen LogP contribution in [0.4, 0.5) is 5.82 Å². The van der Waals surface area contributed by atoms with Gasteiger partial charge in [0.25, 0.3) is 5.88 Å². The van der Waals surface area contributed by atoms with E-state index in [0.29, 0.717) is 18.4 Å². The van der Waals surface area contributed by atoms with E-state index in [1.807, 2.05) is 7.05 Å². The maximum absolute atomic E-state index is 5.41. The van der Waals surface area contributed by atoms with Crippen LogP contribution >= 0.6 is 0 Å². The summed E-state index contributed by atoms with van der Waals surface area (Å²) in [6.07, 6.45) is 1.79. The van der Waals surface area contributed by atoms with Gasteiger partial charge in [-0.05, 0) is 5.92 Å². The minimum atomic E-state index is 0.406. The molecule has 0 bridgehead atoms. The van der Waals surface area contributed by atoms with Crippen molar-refractivity contribution in [2.45, 2.75) is 19.8 Å². The zero-order valence-corrected chi connectivity index (χ0v) is 8.82. The molecule has 0 atom stereocenters. The molecule has 0 radical (unpaired) electrons. The number of ether oxygens (including phenoxy) is 1. The number of rotatable bonds is 1. The fraction of sp³-hybridized carbons (Fsp3) is 0.600.